The average molecular weight is 370 g/mol. The highest BCUT2D eigenvalue weighted by Gasteiger charge is 2.23. The van der Waals surface area contributed by atoms with Crippen molar-refractivity contribution in [1.82, 2.24) is 14.8 Å². The molecule has 0 saturated carbocycles. The fourth-order valence-electron chi connectivity index (χ4n) is 2.88. The van der Waals surface area contributed by atoms with E-state index in [-0.39, 0.29) is 11.4 Å². The van der Waals surface area contributed by atoms with Crippen molar-refractivity contribution in [3.8, 4) is 22.8 Å². The smallest absolute Gasteiger partial charge is 0.276 e. The summed E-state index contributed by atoms with van der Waals surface area (Å²) in [5.41, 5.74) is 2.30. The fourth-order valence-corrected chi connectivity index (χ4v) is 2.88. The van der Waals surface area contributed by atoms with Gasteiger partial charge in [0.15, 0.2) is 11.5 Å². The summed E-state index contributed by atoms with van der Waals surface area (Å²) in [6.45, 7) is 1.78. The van der Waals surface area contributed by atoms with Crippen molar-refractivity contribution in [2.45, 2.75) is 6.92 Å². The Hall–Kier alpha value is -3.42. The van der Waals surface area contributed by atoms with Crippen molar-refractivity contribution < 1.29 is 18.7 Å². The molecular weight excluding hydrogens is 351 g/mol. The third kappa shape index (κ3) is 3.46. The fraction of sp³-hybridized carbons (Fsp3) is 0.211. The molecule has 0 aliphatic carbocycles. The Kier molecular flexibility index (Phi) is 5.07. The molecule has 140 valence electrons. The Morgan fingerprint density at radius 3 is 2.67 bits per heavy atom. The van der Waals surface area contributed by atoms with Crippen molar-refractivity contribution in [3.63, 3.8) is 0 Å². The summed E-state index contributed by atoms with van der Waals surface area (Å²) in [6, 6.07) is 6.77. The monoisotopic (exact) mass is 370 g/mol. The number of aromatic nitrogens is 3. The highest BCUT2D eigenvalue weighted by Crippen LogP contribution is 2.36. The number of nitrogens with zero attached hydrogens (tertiary/aromatic N) is 3. The van der Waals surface area contributed by atoms with Gasteiger partial charge in [0.1, 0.15) is 11.5 Å². The predicted molar refractivity (Wildman–Crippen MR) is 98.6 cm³/mol. The highest BCUT2D eigenvalue weighted by molar-refractivity contribution is 6.05. The van der Waals surface area contributed by atoms with Crippen LogP contribution in [0.3, 0.4) is 0 Å². The zero-order chi connectivity index (χ0) is 19.6. The number of halogens is 1. The van der Waals surface area contributed by atoms with Crippen LogP contribution in [-0.4, -0.2) is 34.9 Å². The molecule has 0 atom stereocenters. The molecule has 1 amide bonds. The Balaban J connectivity index is 2.03. The molecule has 0 fully saturated rings. The number of benzene rings is 1. The lowest BCUT2D eigenvalue weighted by Crippen LogP contribution is -2.15. The van der Waals surface area contributed by atoms with Gasteiger partial charge in [0.05, 0.1) is 31.8 Å². The van der Waals surface area contributed by atoms with Gasteiger partial charge >= 0.3 is 0 Å². The summed E-state index contributed by atoms with van der Waals surface area (Å²) >= 11 is 0. The molecule has 0 aliphatic rings. The minimum absolute atomic E-state index is 0.0422. The van der Waals surface area contributed by atoms with E-state index in [1.54, 1.807) is 45.0 Å². The molecule has 7 nitrogen and oxygen atoms in total. The van der Waals surface area contributed by atoms with Crippen LogP contribution in [0, 0.1) is 12.7 Å². The van der Waals surface area contributed by atoms with Gasteiger partial charge in [0, 0.05) is 24.4 Å². The Bertz CT molecular complexity index is 1000. The van der Waals surface area contributed by atoms with Gasteiger partial charge < -0.3 is 14.8 Å². The molecule has 2 aromatic heterocycles. The SMILES string of the molecule is COc1ccc(OC)c(-c2c(C)c(C(=O)Nc3ccncc3F)nn2C)c1. The first kappa shape index (κ1) is 18.4. The number of methoxy groups -OCH3 is 2. The summed E-state index contributed by atoms with van der Waals surface area (Å²) in [5, 5.41) is 6.84. The number of carbonyl (C=O) groups is 1. The average Bonchev–Trinajstić information content (AvgIpc) is 2.97. The topological polar surface area (TPSA) is 78.3 Å². The lowest BCUT2D eigenvalue weighted by atomic mass is 10.0. The molecule has 0 spiro atoms. The summed E-state index contributed by atoms with van der Waals surface area (Å²) in [6.07, 6.45) is 2.43. The van der Waals surface area contributed by atoms with Gasteiger partial charge in [-0.2, -0.15) is 5.10 Å². The van der Waals surface area contributed by atoms with Crippen LogP contribution in [0.5, 0.6) is 11.5 Å². The number of anilines is 1. The summed E-state index contributed by atoms with van der Waals surface area (Å²) < 4.78 is 26.1. The second-order valence-corrected chi connectivity index (χ2v) is 5.82. The quantitative estimate of drug-likeness (QED) is 0.746. The van der Waals surface area contributed by atoms with E-state index in [1.807, 2.05) is 6.07 Å². The zero-order valence-electron chi connectivity index (χ0n) is 15.4. The number of rotatable bonds is 5. The minimum atomic E-state index is -0.617. The van der Waals surface area contributed by atoms with Crippen molar-refractivity contribution in [1.29, 1.82) is 0 Å². The molecule has 3 aromatic rings. The van der Waals surface area contributed by atoms with Gasteiger partial charge in [-0.25, -0.2) is 4.39 Å². The third-order valence-corrected chi connectivity index (χ3v) is 4.18. The Morgan fingerprint density at radius 2 is 2.00 bits per heavy atom. The first-order chi connectivity index (χ1) is 13.0. The third-order valence-electron chi connectivity index (χ3n) is 4.18. The van der Waals surface area contributed by atoms with Crippen LogP contribution in [0.2, 0.25) is 0 Å². The molecule has 0 saturated heterocycles. The zero-order valence-corrected chi connectivity index (χ0v) is 15.4. The second kappa shape index (κ2) is 7.45. The molecule has 3 rings (SSSR count). The number of carbonyl (C=O) groups excluding carboxylic acids is 1. The van der Waals surface area contributed by atoms with E-state index in [0.717, 1.165) is 11.8 Å². The Labute approximate surface area is 155 Å². The second-order valence-electron chi connectivity index (χ2n) is 5.82. The molecule has 1 N–H and O–H groups in total. The van der Waals surface area contributed by atoms with Crippen molar-refractivity contribution in [3.05, 3.63) is 53.7 Å². The number of aryl methyl sites for hydroxylation is 1. The number of pyridine rings is 1. The maximum atomic E-state index is 13.8. The summed E-state index contributed by atoms with van der Waals surface area (Å²) in [7, 11) is 4.87. The molecule has 0 radical (unpaired) electrons. The van der Waals surface area contributed by atoms with Crippen molar-refractivity contribution >= 4 is 11.6 Å². The van der Waals surface area contributed by atoms with E-state index in [9.17, 15) is 9.18 Å². The molecule has 1 aromatic carbocycles. The molecule has 2 heterocycles. The molecule has 0 aliphatic heterocycles. The minimum Gasteiger partial charge on any atom is -0.497 e. The highest BCUT2D eigenvalue weighted by atomic mass is 19.1. The Morgan fingerprint density at radius 1 is 1.22 bits per heavy atom. The van der Waals surface area contributed by atoms with E-state index >= 15 is 0 Å². The van der Waals surface area contributed by atoms with E-state index in [4.69, 9.17) is 9.47 Å². The number of amides is 1. The van der Waals surface area contributed by atoms with Crippen LogP contribution in [0.4, 0.5) is 10.1 Å². The van der Waals surface area contributed by atoms with E-state index in [0.29, 0.717) is 22.8 Å². The summed E-state index contributed by atoms with van der Waals surface area (Å²) in [4.78, 5) is 16.3. The lowest BCUT2D eigenvalue weighted by molar-refractivity contribution is 0.102. The van der Waals surface area contributed by atoms with E-state index in [2.05, 4.69) is 15.4 Å². The number of ether oxygens (including phenoxy) is 2. The maximum absolute atomic E-state index is 13.8. The van der Waals surface area contributed by atoms with Crippen molar-refractivity contribution in [2.24, 2.45) is 7.05 Å². The molecule has 0 bridgehead atoms. The van der Waals surface area contributed by atoms with Crippen LogP contribution in [0.15, 0.2) is 36.7 Å². The van der Waals surface area contributed by atoms with Crippen molar-refractivity contribution in [2.75, 3.05) is 19.5 Å². The van der Waals surface area contributed by atoms with E-state index < -0.39 is 11.7 Å². The predicted octanol–water partition coefficient (Wildman–Crippen LogP) is 3.20. The molecule has 0 unspecified atom stereocenters. The van der Waals surface area contributed by atoms with Crippen LogP contribution in [0.25, 0.3) is 11.3 Å². The summed E-state index contributed by atoms with van der Waals surface area (Å²) in [5.74, 6) is 0.140. The van der Waals surface area contributed by atoms with Gasteiger partial charge in [-0.1, -0.05) is 0 Å². The maximum Gasteiger partial charge on any atom is 0.276 e. The van der Waals surface area contributed by atoms with Crippen LogP contribution < -0.4 is 14.8 Å². The first-order valence-electron chi connectivity index (χ1n) is 8.13. The standard InChI is InChI=1S/C19H19FN4O3/c1-11-17(19(25)22-15-7-8-21-10-14(15)20)23-24(2)18(11)13-9-12(26-3)5-6-16(13)27-4/h5-10H,1-4H3,(H,21,22,25). The lowest BCUT2D eigenvalue weighted by Gasteiger charge is -2.11. The molecular formula is C19H19FN4O3. The normalized spacial score (nSPS) is 10.6. The van der Waals surface area contributed by atoms with Crippen LogP contribution in [0.1, 0.15) is 16.1 Å². The van der Waals surface area contributed by atoms with Crippen LogP contribution >= 0.6 is 0 Å². The van der Waals surface area contributed by atoms with Gasteiger partial charge in [-0.3, -0.25) is 14.5 Å². The molecule has 27 heavy (non-hydrogen) atoms. The van der Waals surface area contributed by atoms with Gasteiger partial charge in [0.25, 0.3) is 5.91 Å². The number of hydrogen-bond acceptors (Lipinski definition) is 5. The first-order valence-corrected chi connectivity index (χ1v) is 8.13. The number of hydrogen-bond donors (Lipinski definition) is 1. The van der Waals surface area contributed by atoms with Gasteiger partial charge in [-0.15, -0.1) is 0 Å². The molecule has 8 heteroatoms. The number of nitrogens with one attached hydrogen (secondary N) is 1. The van der Waals surface area contributed by atoms with E-state index in [1.165, 1.54) is 12.3 Å². The van der Waals surface area contributed by atoms with Crippen LogP contribution in [-0.2, 0) is 7.05 Å². The van der Waals surface area contributed by atoms with Gasteiger partial charge in [0.2, 0.25) is 0 Å². The van der Waals surface area contributed by atoms with Gasteiger partial charge in [-0.05, 0) is 31.2 Å². The largest absolute Gasteiger partial charge is 0.497 e.